The van der Waals surface area contributed by atoms with E-state index in [1.807, 2.05) is 0 Å². The Balaban J connectivity index is 1.79. The number of aliphatic hydroxyl groups is 1. The van der Waals surface area contributed by atoms with Crippen LogP contribution in [-0.4, -0.2) is 22.7 Å². The second-order valence-electron chi connectivity index (χ2n) is 7.01. The van der Waals surface area contributed by atoms with E-state index in [1.54, 1.807) is 36.4 Å². The minimum Gasteiger partial charge on any atom is -0.370 e. The molecule has 152 valence electrons. The SMILES string of the molecule is O=C(c1ccc(F)cc1)C(F)(F)[C@@]1(O)C(=O)N(Cc2ccccc2)c2ccccc21. The van der Waals surface area contributed by atoms with Gasteiger partial charge < -0.3 is 10.0 Å². The largest absolute Gasteiger partial charge is 0.370 e. The second-order valence-corrected chi connectivity index (χ2v) is 7.01. The summed E-state index contributed by atoms with van der Waals surface area (Å²) in [5.74, 6) is -8.25. The van der Waals surface area contributed by atoms with Gasteiger partial charge in [0, 0.05) is 11.1 Å². The van der Waals surface area contributed by atoms with Crippen molar-refractivity contribution >= 4 is 17.4 Å². The normalized spacial score (nSPS) is 18.4. The third-order valence-electron chi connectivity index (χ3n) is 5.17. The minimum absolute atomic E-state index is 0.0557. The fourth-order valence-corrected chi connectivity index (χ4v) is 3.61. The number of Topliss-reactive ketones (excluding diaryl/α,β-unsaturated/α-hetero) is 1. The Bertz CT molecular complexity index is 1120. The van der Waals surface area contributed by atoms with Gasteiger partial charge in [0.25, 0.3) is 5.91 Å². The number of hydrogen-bond acceptors (Lipinski definition) is 3. The summed E-state index contributed by atoms with van der Waals surface area (Å²) in [6, 6.07) is 17.8. The summed E-state index contributed by atoms with van der Waals surface area (Å²) >= 11 is 0. The molecule has 0 aromatic heterocycles. The predicted octanol–water partition coefficient (Wildman–Crippen LogP) is 4.08. The van der Waals surface area contributed by atoms with Crippen molar-refractivity contribution in [2.75, 3.05) is 4.90 Å². The highest BCUT2D eigenvalue weighted by molar-refractivity contribution is 6.14. The number of alkyl halides is 2. The zero-order chi connectivity index (χ0) is 21.5. The number of benzene rings is 3. The summed E-state index contributed by atoms with van der Waals surface area (Å²) in [5, 5.41) is 11.0. The first-order valence-electron chi connectivity index (χ1n) is 9.13. The van der Waals surface area contributed by atoms with Crippen LogP contribution in [0.15, 0.2) is 78.9 Å². The van der Waals surface area contributed by atoms with Crippen LogP contribution >= 0.6 is 0 Å². The molecule has 1 heterocycles. The number of anilines is 1. The molecule has 1 N–H and O–H groups in total. The van der Waals surface area contributed by atoms with Crippen LogP contribution in [0.2, 0.25) is 0 Å². The van der Waals surface area contributed by atoms with Crippen molar-refractivity contribution in [1.29, 1.82) is 0 Å². The second kappa shape index (κ2) is 7.11. The van der Waals surface area contributed by atoms with Crippen LogP contribution in [0.25, 0.3) is 0 Å². The Kier molecular flexibility index (Phi) is 4.70. The lowest BCUT2D eigenvalue weighted by Gasteiger charge is -2.30. The minimum atomic E-state index is -4.48. The van der Waals surface area contributed by atoms with Gasteiger partial charge in [-0.3, -0.25) is 9.59 Å². The van der Waals surface area contributed by atoms with Crippen molar-refractivity contribution in [2.24, 2.45) is 0 Å². The summed E-state index contributed by atoms with van der Waals surface area (Å²) in [6.45, 7) is -0.0557. The smallest absolute Gasteiger partial charge is 0.351 e. The molecule has 0 saturated heterocycles. The monoisotopic (exact) mass is 411 g/mol. The molecule has 1 amide bonds. The number of amides is 1. The maximum Gasteiger partial charge on any atom is 0.351 e. The average Bonchev–Trinajstić information content (AvgIpc) is 2.98. The molecule has 0 bridgehead atoms. The van der Waals surface area contributed by atoms with Crippen molar-refractivity contribution in [1.82, 2.24) is 0 Å². The van der Waals surface area contributed by atoms with Gasteiger partial charge >= 0.3 is 5.92 Å². The first-order chi connectivity index (χ1) is 14.3. The summed E-state index contributed by atoms with van der Waals surface area (Å²) < 4.78 is 43.9. The number of nitrogens with zero attached hydrogens (tertiary/aromatic N) is 1. The van der Waals surface area contributed by atoms with E-state index < -0.39 is 34.6 Å². The van der Waals surface area contributed by atoms with E-state index in [-0.39, 0.29) is 17.8 Å². The summed E-state index contributed by atoms with van der Waals surface area (Å²) in [5.41, 5.74) is -3.49. The number of carbonyl (C=O) groups excluding carboxylic acids is 2. The Hall–Kier alpha value is -3.45. The van der Waals surface area contributed by atoms with Gasteiger partial charge in [0.05, 0.1) is 12.2 Å². The molecule has 0 unspecified atom stereocenters. The third-order valence-corrected chi connectivity index (χ3v) is 5.17. The Morgan fingerprint density at radius 2 is 1.53 bits per heavy atom. The van der Waals surface area contributed by atoms with E-state index in [2.05, 4.69) is 0 Å². The zero-order valence-electron chi connectivity index (χ0n) is 15.6. The van der Waals surface area contributed by atoms with Crippen molar-refractivity contribution in [3.05, 3.63) is 101 Å². The van der Waals surface area contributed by atoms with Crippen LogP contribution in [0.3, 0.4) is 0 Å². The van der Waals surface area contributed by atoms with Gasteiger partial charge in [-0.25, -0.2) is 4.39 Å². The highest BCUT2D eigenvalue weighted by atomic mass is 19.3. The van der Waals surface area contributed by atoms with Crippen LogP contribution in [0.1, 0.15) is 21.5 Å². The van der Waals surface area contributed by atoms with Gasteiger partial charge in [0.1, 0.15) is 5.82 Å². The van der Waals surface area contributed by atoms with Crippen LogP contribution in [0.4, 0.5) is 18.9 Å². The number of para-hydroxylation sites is 1. The topological polar surface area (TPSA) is 57.6 Å². The molecular weight excluding hydrogens is 395 g/mol. The van der Waals surface area contributed by atoms with Gasteiger partial charge in [-0.1, -0.05) is 48.5 Å². The van der Waals surface area contributed by atoms with E-state index >= 15 is 8.78 Å². The van der Waals surface area contributed by atoms with Crippen molar-refractivity contribution < 1.29 is 27.9 Å². The molecular formula is C23H16F3NO3. The van der Waals surface area contributed by atoms with Gasteiger partial charge in [-0.2, -0.15) is 8.78 Å². The third kappa shape index (κ3) is 2.90. The maximum absolute atomic E-state index is 15.4. The molecule has 4 nitrogen and oxygen atoms in total. The number of fused-ring (bicyclic) bond motifs is 1. The lowest BCUT2D eigenvalue weighted by molar-refractivity contribution is -0.173. The van der Waals surface area contributed by atoms with Gasteiger partial charge in [-0.05, 0) is 35.9 Å². The summed E-state index contributed by atoms with van der Waals surface area (Å²) in [6.07, 6.45) is 0. The highest BCUT2D eigenvalue weighted by Crippen LogP contribution is 2.50. The van der Waals surface area contributed by atoms with Gasteiger partial charge in [0.2, 0.25) is 11.4 Å². The molecule has 1 aliphatic heterocycles. The van der Waals surface area contributed by atoms with Gasteiger partial charge in [0.15, 0.2) is 0 Å². The molecule has 30 heavy (non-hydrogen) atoms. The molecule has 1 atom stereocenters. The van der Waals surface area contributed by atoms with Gasteiger partial charge in [-0.15, -0.1) is 0 Å². The molecule has 0 fully saturated rings. The van der Waals surface area contributed by atoms with Crippen molar-refractivity contribution in [3.8, 4) is 0 Å². The highest BCUT2D eigenvalue weighted by Gasteiger charge is 2.68. The maximum atomic E-state index is 15.4. The molecule has 0 saturated carbocycles. The molecule has 0 radical (unpaired) electrons. The van der Waals surface area contributed by atoms with Crippen molar-refractivity contribution in [3.63, 3.8) is 0 Å². The average molecular weight is 411 g/mol. The molecule has 1 aliphatic rings. The van der Waals surface area contributed by atoms with E-state index in [0.717, 1.165) is 29.2 Å². The molecule has 7 heteroatoms. The van der Waals surface area contributed by atoms with Crippen molar-refractivity contribution in [2.45, 2.75) is 18.1 Å². The lowest BCUT2D eigenvalue weighted by Crippen LogP contribution is -2.56. The predicted molar refractivity (Wildman–Crippen MR) is 104 cm³/mol. The number of halogens is 3. The Labute approximate surface area is 170 Å². The number of hydrogen-bond donors (Lipinski definition) is 1. The fraction of sp³-hybridized carbons (Fsp3) is 0.130. The lowest BCUT2D eigenvalue weighted by atomic mass is 9.84. The number of rotatable bonds is 5. The number of ketones is 1. The molecule has 0 spiro atoms. The first kappa shape index (κ1) is 19.8. The first-order valence-corrected chi connectivity index (χ1v) is 9.13. The summed E-state index contributed by atoms with van der Waals surface area (Å²) in [7, 11) is 0. The van der Waals surface area contributed by atoms with Crippen LogP contribution in [-0.2, 0) is 16.9 Å². The van der Waals surface area contributed by atoms with Crippen LogP contribution < -0.4 is 4.90 Å². The van der Waals surface area contributed by atoms with E-state index in [1.165, 1.54) is 18.2 Å². The summed E-state index contributed by atoms with van der Waals surface area (Å²) in [4.78, 5) is 26.7. The Morgan fingerprint density at radius 3 is 2.20 bits per heavy atom. The van der Waals surface area contributed by atoms with E-state index in [4.69, 9.17) is 0 Å². The molecule has 3 aromatic carbocycles. The molecule has 4 rings (SSSR count). The molecule has 0 aliphatic carbocycles. The van der Waals surface area contributed by atoms with Crippen LogP contribution in [0.5, 0.6) is 0 Å². The molecule has 3 aromatic rings. The zero-order valence-corrected chi connectivity index (χ0v) is 15.6. The number of carbonyl (C=O) groups is 2. The fourth-order valence-electron chi connectivity index (χ4n) is 3.61. The van der Waals surface area contributed by atoms with E-state index in [9.17, 15) is 19.1 Å². The van der Waals surface area contributed by atoms with Crippen LogP contribution in [0, 0.1) is 5.82 Å². The Morgan fingerprint density at radius 1 is 0.933 bits per heavy atom. The standard InChI is InChI=1S/C23H16F3NO3/c24-17-12-10-16(11-13-17)20(28)23(25,26)22(30)18-8-4-5-9-19(18)27(21(22)29)14-15-6-2-1-3-7-15/h1-13,30H,14H2/t22-/m0/s1. The quantitative estimate of drug-likeness (QED) is 0.644. The van der Waals surface area contributed by atoms with E-state index in [0.29, 0.717) is 5.56 Å².